The van der Waals surface area contributed by atoms with Crippen molar-refractivity contribution in [3.05, 3.63) is 46.2 Å². The van der Waals surface area contributed by atoms with Gasteiger partial charge in [-0.05, 0) is 45.7 Å². The average molecular weight is 326 g/mol. The Hall–Kier alpha value is -2.50. The SMILES string of the molecule is COC(=O)c1ccc(CNc2nc(C)nc(C)c2C)nc1C1CC1. The van der Waals surface area contributed by atoms with Crippen molar-refractivity contribution < 1.29 is 9.53 Å². The van der Waals surface area contributed by atoms with Crippen molar-refractivity contribution in [2.45, 2.75) is 46.1 Å². The highest BCUT2D eigenvalue weighted by atomic mass is 16.5. The molecule has 3 rings (SSSR count). The van der Waals surface area contributed by atoms with E-state index in [2.05, 4.69) is 20.3 Å². The van der Waals surface area contributed by atoms with E-state index >= 15 is 0 Å². The van der Waals surface area contributed by atoms with Crippen LogP contribution in [0.15, 0.2) is 12.1 Å². The Morgan fingerprint density at radius 3 is 2.62 bits per heavy atom. The lowest BCUT2D eigenvalue weighted by atomic mass is 10.1. The van der Waals surface area contributed by atoms with Gasteiger partial charge >= 0.3 is 5.97 Å². The van der Waals surface area contributed by atoms with Gasteiger partial charge < -0.3 is 10.1 Å². The van der Waals surface area contributed by atoms with Gasteiger partial charge in [0.1, 0.15) is 11.6 Å². The lowest BCUT2D eigenvalue weighted by Crippen LogP contribution is -2.11. The summed E-state index contributed by atoms with van der Waals surface area (Å²) in [5, 5.41) is 3.33. The Morgan fingerprint density at radius 1 is 1.21 bits per heavy atom. The zero-order valence-electron chi connectivity index (χ0n) is 14.5. The van der Waals surface area contributed by atoms with Crippen molar-refractivity contribution in [1.29, 1.82) is 0 Å². The number of anilines is 1. The van der Waals surface area contributed by atoms with Crippen LogP contribution in [0.3, 0.4) is 0 Å². The van der Waals surface area contributed by atoms with Crippen LogP contribution in [0.4, 0.5) is 5.82 Å². The molecule has 1 aliphatic rings. The van der Waals surface area contributed by atoms with Gasteiger partial charge in [0.2, 0.25) is 0 Å². The molecule has 2 aromatic rings. The van der Waals surface area contributed by atoms with E-state index in [4.69, 9.17) is 4.74 Å². The molecule has 126 valence electrons. The first kappa shape index (κ1) is 16.4. The Kier molecular flexibility index (Phi) is 4.46. The number of carbonyl (C=O) groups excluding carboxylic acids is 1. The first-order valence-electron chi connectivity index (χ1n) is 8.13. The zero-order valence-corrected chi connectivity index (χ0v) is 14.5. The minimum absolute atomic E-state index is 0.318. The third kappa shape index (κ3) is 3.37. The Bertz CT molecular complexity index is 785. The highest BCUT2D eigenvalue weighted by Crippen LogP contribution is 2.40. The fourth-order valence-corrected chi connectivity index (χ4v) is 2.68. The smallest absolute Gasteiger partial charge is 0.339 e. The third-order valence-corrected chi connectivity index (χ3v) is 4.29. The van der Waals surface area contributed by atoms with E-state index in [1.807, 2.05) is 32.9 Å². The molecular formula is C18H22N4O2. The summed E-state index contributed by atoms with van der Waals surface area (Å²) in [6.45, 7) is 6.41. The minimum atomic E-state index is -0.318. The highest BCUT2D eigenvalue weighted by molar-refractivity contribution is 5.90. The summed E-state index contributed by atoms with van der Waals surface area (Å²) in [5.41, 5.74) is 4.33. The van der Waals surface area contributed by atoms with E-state index in [1.54, 1.807) is 0 Å². The van der Waals surface area contributed by atoms with Crippen molar-refractivity contribution in [2.24, 2.45) is 0 Å². The zero-order chi connectivity index (χ0) is 17.3. The second-order valence-corrected chi connectivity index (χ2v) is 6.18. The van der Waals surface area contributed by atoms with Gasteiger partial charge in [-0.25, -0.2) is 14.8 Å². The third-order valence-electron chi connectivity index (χ3n) is 4.29. The molecule has 0 unspecified atom stereocenters. The normalized spacial score (nSPS) is 13.7. The highest BCUT2D eigenvalue weighted by Gasteiger charge is 2.30. The van der Waals surface area contributed by atoms with E-state index < -0.39 is 0 Å². The summed E-state index contributed by atoms with van der Waals surface area (Å²) in [4.78, 5) is 25.4. The number of nitrogens with zero attached hydrogens (tertiary/aromatic N) is 3. The number of aryl methyl sites for hydroxylation is 2. The number of ether oxygens (including phenoxy) is 1. The molecule has 0 spiro atoms. The fourth-order valence-electron chi connectivity index (χ4n) is 2.68. The molecule has 0 aromatic carbocycles. The monoisotopic (exact) mass is 326 g/mol. The van der Waals surface area contributed by atoms with Gasteiger partial charge in [-0.15, -0.1) is 0 Å². The number of carbonyl (C=O) groups is 1. The van der Waals surface area contributed by atoms with Crippen LogP contribution in [0.1, 0.15) is 57.6 Å². The van der Waals surface area contributed by atoms with E-state index in [1.165, 1.54) is 7.11 Å². The number of hydrogen-bond acceptors (Lipinski definition) is 6. The van der Waals surface area contributed by atoms with Crippen LogP contribution in [0.25, 0.3) is 0 Å². The van der Waals surface area contributed by atoms with Gasteiger partial charge in [0.05, 0.1) is 30.6 Å². The molecular weight excluding hydrogens is 304 g/mol. The summed E-state index contributed by atoms with van der Waals surface area (Å²) in [6, 6.07) is 3.67. The lowest BCUT2D eigenvalue weighted by molar-refractivity contribution is 0.0598. The van der Waals surface area contributed by atoms with Crippen molar-refractivity contribution in [3.8, 4) is 0 Å². The first-order chi connectivity index (χ1) is 11.5. The van der Waals surface area contributed by atoms with Crippen LogP contribution in [0, 0.1) is 20.8 Å². The Morgan fingerprint density at radius 2 is 1.96 bits per heavy atom. The average Bonchev–Trinajstić information content (AvgIpc) is 3.40. The molecule has 1 fully saturated rings. The van der Waals surface area contributed by atoms with E-state index in [9.17, 15) is 4.79 Å². The van der Waals surface area contributed by atoms with Crippen LogP contribution >= 0.6 is 0 Å². The molecule has 0 bridgehead atoms. The van der Waals surface area contributed by atoms with Crippen LogP contribution in [-0.2, 0) is 11.3 Å². The van der Waals surface area contributed by atoms with Crippen molar-refractivity contribution in [1.82, 2.24) is 15.0 Å². The summed E-state index contributed by atoms with van der Waals surface area (Å²) in [5.74, 6) is 1.63. The summed E-state index contributed by atoms with van der Waals surface area (Å²) < 4.78 is 4.85. The number of nitrogens with one attached hydrogen (secondary N) is 1. The number of esters is 1. The molecule has 6 heteroatoms. The van der Waals surface area contributed by atoms with Gasteiger partial charge in [0.25, 0.3) is 0 Å². The second-order valence-electron chi connectivity index (χ2n) is 6.18. The molecule has 0 aliphatic heterocycles. The Balaban J connectivity index is 1.81. The van der Waals surface area contributed by atoms with Crippen LogP contribution in [-0.4, -0.2) is 28.0 Å². The van der Waals surface area contributed by atoms with Crippen LogP contribution < -0.4 is 5.32 Å². The molecule has 0 radical (unpaired) electrons. The fraction of sp³-hybridized carbons (Fsp3) is 0.444. The number of pyridine rings is 1. The van der Waals surface area contributed by atoms with Crippen LogP contribution in [0.5, 0.6) is 0 Å². The first-order valence-corrected chi connectivity index (χ1v) is 8.13. The van der Waals surface area contributed by atoms with Crippen molar-refractivity contribution in [3.63, 3.8) is 0 Å². The summed E-state index contributed by atoms with van der Waals surface area (Å²) in [7, 11) is 1.40. The van der Waals surface area contributed by atoms with E-state index in [-0.39, 0.29) is 5.97 Å². The maximum atomic E-state index is 11.9. The molecule has 6 nitrogen and oxygen atoms in total. The molecule has 1 saturated carbocycles. The number of aromatic nitrogens is 3. The Labute approximate surface area is 141 Å². The van der Waals surface area contributed by atoms with Crippen molar-refractivity contribution >= 4 is 11.8 Å². The van der Waals surface area contributed by atoms with Gasteiger partial charge in [0, 0.05) is 17.2 Å². The molecule has 0 atom stereocenters. The number of hydrogen-bond donors (Lipinski definition) is 1. The van der Waals surface area contributed by atoms with Gasteiger partial charge in [-0.3, -0.25) is 4.98 Å². The topological polar surface area (TPSA) is 77.0 Å². The number of rotatable bonds is 5. The molecule has 1 aliphatic carbocycles. The summed E-state index contributed by atoms with van der Waals surface area (Å²) >= 11 is 0. The lowest BCUT2D eigenvalue weighted by Gasteiger charge is -2.12. The molecule has 0 saturated heterocycles. The van der Waals surface area contributed by atoms with E-state index in [0.717, 1.165) is 47.1 Å². The maximum absolute atomic E-state index is 11.9. The van der Waals surface area contributed by atoms with Gasteiger partial charge in [-0.1, -0.05) is 0 Å². The minimum Gasteiger partial charge on any atom is -0.465 e. The molecule has 2 heterocycles. The number of methoxy groups -OCH3 is 1. The van der Waals surface area contributed by atoms with Gasteiger partial charge in [0.15, 0.2) is 0 Å². The van der Waals surface area contributed by atoms with E-state index in [0.29, 0.717) is 18.0 Å². The molecule has 1 N–H and O–H groups in total. The molecule has 2 aromatic heterocycles. The quantitative estimate of drug-likeness (QED) is 0.851. The van der Waals surface area contributed by atoms with Crippen molar-refractivity contribution in [2.75, 3.05) is 12.4 Å². The predicted molar refractivity (Wildman–Crippen MR) is 91.1 cm³/mol. The molecule has 0 amide bonds. The largest absolute Gasteiger partial charge is 0.465 e. The second kappa shape index (κ2) is 6.55. The standard InChI is InChI=1S/C18H22N4O2/c1-10-11(2)20-12(3)21-17(10)19-9-14-7-8-15(18(23)24-4)16(22-14)13-5-6-13/h7-8,13H,5-6,9H2,1-4H3,(H,19,20,21). The summed E-state index contributed by atoms with van der Waals surface area (Å²) in [6.07, 6.45) is 2.16. The molecule has 24 heavy (non-hydrogen) atoms. The van der Waals surface area contributed by atoms with Crippen LogP contribution in [0.2, 0.25) is 0 Å². The van der Waals surface area contributed by atoms with Gasteiger partial charge in [-0.2, -0.15) is 0 Å². The maximum Gasteiger partial charge on any atom is 0.339 e. The predicted octanol–water partition coefficient (Wildman–Crippen LogP) is 3.07.